The second-order valence-corrected chi connectivity index (χ2v) is 4.94. The maximum absolute atomic E-state index is 13.3. The largest absolute Gasteiger partial charge is 0.465 e. The van der Waals surface area contributed by atoms with Crippen molar-refractivity contribution in [2.24, 2.45) is 5.92 Å². The summed E-state index contributed by atoms with van der Waals surface area (Å²) >= 11 is 0. The fraction of sp³-hybridized carbons (Fsp3) is 0.500. The number of nitrogens with one attached hydrogen (secondary N) is 1. The highest BCUT2D eigenvalue weighted by Gasteiger charge is 2.23. The van der Waals surface area contributed by atoms with Crippen LogP contribution >= 0.6 is 0 Å². The molecule has 1 fully saturated rings. The zero-order chi connectivity index (χ0) is 13.1. The Kier molecular flexibility index (Phi) is 3.84. The van der Waals surface area contributed by atoms with Gasteiger partial charge in [0.25, 0.3) is 0 Å². The highest BCUT2D eigenvalue weighted by molar-refractivity contribution is 5.95. The van der Waals surface area contributed by atoms with E-state index in [0.717, 1.165) is 12.8 Å². The van der Waals surface area contributed by atoms with Gasteiger partial charge >= 0.3 is 5.97 Å². The Morgan fingerprint density at radius 1 is 1.44 bits per heavy atom. The van der Waals surface area contributed by atoms with E-state index in [1.54, 1.807) is 0 Å². The SMILES string of the molecule is COC(=O)c1ccc(F)cc1NC1CCC(C)C1. The maximum Gasteiger partial charge on any atom is 0.339 e. The summed E-state index contributed by atoms with van der Waals surface area (Å²) in [5, 5.41) is 3.26. The van der Waals surface area contributed by atoms with Crippen molar-refractivity contribution in [3.05, 3.63) is 29.6 Å². The van der Waals surface area contributed by atoms with Gasteiger partial charge in [-0.05, 0) is 43.4 Å². The van der Waals surface area contributed by atoms with Gasteiger partial charge < -0.3 is 10.1 Å². The number of benzene rings is 1. The van der Waals surface area contributed by atoms with Gasteiger partial charge in [0.1, 0.15) is 5.82 Å². The molecule has 1 aliphatic rings. The van der Waals surface area contributed by atoms with E-state index in [0.29, 0.717) is 23.2 Å². The fourth-order valence-corrected chi connectivity index (χ4v) is 2.48. The van der Waals surface area contributed by atoms with Crippen molar-refractivity contribution in [1.82, 2.24) is 0 Å². The van der Waals surface area contributed by atoms with E-state index >= 15 is 0 Å². The lowest BCUT2D eigenvalue weighted by Crippen LogP contribution is -2.18. The number of esters is 1. The number of rotatable bonds is 3. The van der Waals surface area contributed by atoms with Gasteiger partial charge in [-0.1, -0.05) is 6.92 Å². The van der Waals surface area contributed by atoms with Gasteiger partial charge in [-0.3, -0.25) is 0 Å². The molecule has 1 aromatic carbocycles. The van der Waals surface area contributed by atoms with Crippen LogP contribution in [0, 0.1) is 11.7 Å². The topological polar surface area (TPSA) is 38.3 Å². The van der Waals surface area contributed by atoms with Crippen LogP contribution in [-0.2, 0) is 4.74 Å². The van der Waals surface area contributed by atoms with Crippen LogP contribution < -0.4 is 5.32 Å². The number of hydrogen-bond acceptors (Lipinski definition) is 3. The molecule has 2 rings (SSSR count). The number of carbonyl (C=O) groups is 1. The zero-order valence-electron chi connectivity index (χ0n) is 10.7. The molecule has 2 unspecified atom stereocenters. The van der Waals surface area contributed by atoms with E-state index in [2.05, 4.69) is 12.2 Å². The van der Waals surface area contributed by atoms with Crippen molar-refractivity contribution >= 4 is 11.7 Å². The highest BCUT2D eigenvalue weighted by atomic mass is 19.1. The number of carbonyl (C=O) groups excluding carboxylic acids is 1. The molecule has 0 saturated heterocycles. The van der Waals surface area contributed by atoms with Crippen LogP contribution in [-0.4, -0.2) is 19.1 Å². The lowest BCUT2D eigenvalue weighted by Gasteiger charge is -2.16. The summed E-state index contributed by atoms with van der Waals surface area (Å²) in [5.74, 6) is -0.114. The molecule has 0 spiro atoms. The third kappa shape index (κ3) is 2.81. The molecular formula is C14H18FNO2. The van der Waals surface area contributed by atoms with Crippen molar-refractivity contribution in [1.29, 1.82) is 0 Å². The smallest absolute Gasteiger partial charge is 0.339 e. The van der Waals surface area contributed by atoms with Gasteiger partial charge in [0.05, 0.1) is 18.4 Å². The van der Waals surface area contributed by atoms with Crippen molar-refractivity contribution in [2.75, 3.05) is 12.4 Å². The van der Waals surface area contributed by atoms with Crippen LogP contribution in [0.25, 0.3) is 0 Å². The lowest BCUT2D eigenvalue weighted by molar-refractivity contribution is 0.0601. The van der Waals surface area contributed by atoms with Crippen LogP contribution in [0.15, 0.2) is 18.2 Å². The third-order valence-corrected chi connectivity index (χ3v) is 3.44. The Morgan fingerprint density at radius 3 is 2.83 bits per heavy atom. The first-order chi connectivity index (χ1) is 8.60. The number of halogens is 1. The second kappa shape index (κ2) is 5.38. The normalized spacial score (nSPS) is 22.8. The molecule has 98 valence electrons. The summed E-state index contributed by atoms with van der Waals surface area (Å²) in [6.07, 6.45) is 3.27. The Morgan fingerprint density at radius 2 is 2.22 bits per heavy atom. The highest BCUT2D eigenvalue weighted by Crippen LogP contribution is 2.29. The Labute approximate surface area is 106 Å². The molecule has 2 atom stereocenters. The van der Waals surface area contributed by atoms with Crippen molar-refractivity contribution in [3.63, 3.8) is 0 Å². The van der Waals surface area contributed by atoms with Gasteiger partial charge in [0.15, 0.2) is 0 Å². The molecule has 1 N–H and O–H groups in total. The first kappa shape index (κ1) is 12.9. The van der Waals surface area contributed by atoms with Crippen LogP contribution in [0.4, 0.5) is 10.1 Å². The second-order valence-electron chi connectivity index (χ2n) is 4.94. The molecule has 18 heavy (non-hydrogen) atoms. The summed E-state index contributed by atoms with van der Waals surface area (Å²) in [6, 6.07) is 4.40. The van der Waals surface area contributed by atoms with E-state index in [1.807, 2.05) is 0 Å². The molecule has 0 radical (unpaired) electrons. The molecule has 0 aliphatic heterocycles. The number of hydrogen-bond donors (Lipinski definition) is 1. The maximum atomic E-state index is 13.3. The van der Waals surface area contributed by atoms with Crippen molar-refractivity contribution < 1.29 is 13.9 Å². The summed E-state index contributed by atoms with van der Waals surface area (Å²) < 4.78 is 18.0. The lowest BCUT2D eigenvalue weighted by atomic mass is 10.1. The standard InChI is InChI=1S/C14H18FNO2/c1-9-3-5-11(7-9)16-13-8-10(15)4-6-12(13)14(17)18-2/h4,6,8-9,11,16H,3,5,7H2,1-2H3. The summed E-state index contributed by atoms with van der Waals surface area (Å²) in [6.45, 7) is 2.20. The van der Waals surface area contributed by atoms with Gasteiger partial charge in [0.2, 0.25) is 0 Å². The predicted octanol–water partition coefficient (Wildman–Crippen LogP) is 3.21. The molecule has 1 aliphatic carbocycles. The molecule has 1 saturated carbocycles. The minimum absolute atomic E-state index is 0.310. The Bertz CT molecular complexity index is 447. The monoisotopic (exact) mass is 251 g/mol. The molecular weight excluding hydrogens is 233 g/mol. The van der Waals surface area contributed by atoms with Gasteiger partial charge in [0, 0.05) is 6.04 Å². The molecule has 0 aromatic heterocycles. The molecule has 0 amide bonds. The summed E-state index contributed by atoms with van der Waals surface area (Å²) in [5.41, 5.74) is 0.916. The predicted molar refractivity (Wildman–Crippen MR) is 68.2 cm³/mol. The molecule has 4 heteroatoms. The third-order valence-electron chi connectivity index (χ3n) is 3.44. The summed E-state index contributed by atoms with van der Waals surface area (Å²) in [4.78, 5) is 11.6. The molecule has 0 bridgehead atoms. The average Bonchev–Trinajstić information content (AvgIpc) is 2.74. The van der Waals surface area contributed by atoms with Crippen molar-refractivity contribution in [2.45, 2.75) is 32.2 Å². The van der Waals surface area contributed by atoms with Gasteiger partial charge in [-0.15, -0.1) is 0 Å². The van der Waals surface area contributed by atoms with Crippen LogP contribution in [0.3, 0.4) is 0 Å². The van der Waals surface area contributed by atoms with Crippen LogP contribution in [0.5, 0.6) is 0 Å². The number of anilines is 1. The van der Waals surface area contributed by atoms with Crippen LogP contribution in [0.2, 0.25) is 0 Å². The quantitative estimate of drug-likeness (QED) is 0.838. The van der Waals surface area contributed by atoms with E-state index in [1.165, 1.54) is 31.7 Å². The summed E-state index contributed by atoms with van der Waals surface area (Å²) in [7, 11) is 1.33. The Hall–Kier alpha value is -1.58. The van der Waals surface area contributed by atoms with Gasteiger partial charge in [-0.25, -0.2) is 9.18 Å². The number of ether oxygens (including phenoxy) is 1. The van der Waals surface area contributed by atoms with E-state index in [9.17, 15) is 9.18 Å². The minimum atomic E-state index is -0.441. The van der Waals surface area contributed by atoms with E-state index in [4.69, 9.17) is 4.74 Å². The van der Waals surface area contributed by atoms with E-state index in [-0.39, 0.29) is 5.82 Å². The first-order valence-corrected chi connectivity index (χ1v) is 6.24. The number of methoxy groups -OCH3 is 1. The molecule has 3 nitrogen and oxygen atoms in total. The fourth-order valence-electron chi connectivity index (χ4n) is 2.48. The first-order valence-electron chi connectivity index (χ1n) is 6.24. The van der Waals surface area contributed by atoms with E-state index < -0.39 is 5.97 Å². The molecule has 1 aromatic rings. The van der Waals surface area contributed by atoms with Crippen LogP contribution in [0.1, 0.15) is 36.5 Å². The molecule has 0 heterocycles. The Balaban J connectivity index is 2.19. The zero-order valence-corrected chi connectivity index (χ0v) is 10.7. The van der Waals surface area contributed by atoms with Gasteiger partial charge in [-0.2, -0.15) is 0 Å². The van der Waals surface area contributed by atoms with Crippen molar-refractivity contribution in [3.8, 4) is 0 Å². The minimum Gasteiger partial charge on any atom is -0.465 e. The average molecular weight is 251 g/mol.